The first kappa shape index (κ1) is 20.6. The predicted molar refractivity (Wildman–Crippen MR) is 111 cm³/mol. The van der Waals surface area contributed by atoms with Crippen molar-refractivity contribution >= 4 is 23.8 Å². The van der Waals surface area contributed by atoms with Crippen LogP contribution in [0.15, 0.2) is 54.7 Å². The minimum atomic E-state index is -0.625. The second-order valence-electron chi connectivity index (χ2n) is 6.75. The van der Waals surface area contributed by atoms with Gasteiger partial charge in [0.1, 0.15) is 0 Å². The molecule has 29 heavy (non-hydrogen) atoms. The Bertz CT molecular complexity index is 883. The van der Waals surface area contributed by atoms with Crippen molar-refractivity contribution in [2.45, 2.75) is 6.54 Å². The number of rotatable bonds is 7. The number of nitrogens with zero attached hydrogens (tertiary/aromatic N) is 2. The van der Waals surface area contributed by atoms with Crippen molar-refractivity contribution in [2.75, 3.05) is 26.2 Å². The van der Waals surface area contributed by atoms with Crippen LogP contribution in [0.2, 0.25) is 0 Å². The Hall–Kier alpha value is -3.13. The summed E-state index contributed by atoms with van der Waals surface area (Å²) >= 11 is 0. The average molecular weight is 392 g/mol. The molecule has 1 aromatic carbocycles. The molecule has 1 aromatic heterocycles. The Balaban J connectivity index is 1.55. The van der Waals surface area contributed by atoms with E-state index in [1.807, 2.05) is 24.3 Å². The first-order valence-electron chi connectivity index (χ1n) is 9.47. The summed E-state index contributed by atoms with van der Waals surface area (Å²) in [5.41, 5.74) is 4.70. The molecule has 3 rings (SSSR count). The second-order valence-corrected chi connectivity index (χ2v) is 6.75. The summed E-state index contributed by atoms with van der Waals surface area (Å²) in [6.07, 6.45) is 7.49. The Morgan fingerprint density at radius 2 is 1.83 bits per heavy atom. The van der Waals surface area contributed by atoms with Gasteiger partial charge in [-0.25, -0.2) is 5.48 Å². The summed E-state index contributed by atoms with van der Waals surface area (Å²) < 4.78 is 0. The van der Waals surface area contributed by atoms with Gasteiger partial charge in [0.05, 0.1) is 5.69 Å². The fraction of sp³-hybridized carbons (Fsp3) is 0.227. The molecule has 1 fully saturated rings. The van der Waals surface area contributed by atoms with Crippen LogP contribution in [-0.4, -0.2) is 53.0 Å². The van der Waals surface area contributed by atoms with Gasteiger partial charge in [-0.3, -0.25) is 24.7 Å². The number of hydroxylamine groups is 1. The summed E-state index contributed by atoms with van der Waals surface area (Å²) in [6.45, 7) is 5.02. The normalized spacial score (nSPS) is 15.1. The van der Waals surface area contributed by atoms with Gasteiger partial charge in [0.25, 0.3) is 5.91 Å². The number of carbonyl (C=O) groups is 2. The molecule has 2 heterocycles. The minimum absolute atomic E-state index is 0.0673. The summed E-state index contributed by atoms with van der Waals surface area (Å²) in [5.74, 6) is -0.692. The Morgan fingerprint density at radius 3 is 2.48 bits per heavy atom. The zero-order chi connectivity index (χ0) is 20.5. The van der Waals surface area contributed by atoms with E-state index in [0.717, 1.165) is 38.3 Å². The van der Waals surface area contributed by atoms with Gasteiger partial charge >= 0.3 is 0 Å². The zero-order valence-electron chi connectivity index (χ0n) is 16.0. The molecule has 0 saturated carbocycles. The van der Waals surface area contributed by atoms with E-state index in [1.54, 1.807) is 24.4 Å². The largest absolute Gasteiger partial charge is 0.314 e. The fourth-order valence-electron chi connectivity index (χ4n) is 2.98. The maximum absolute atomic E-state index is 12.4. The Morgan fingerprint density at radius 1 is 1.07 bits per heavy atom. The van der Waals surface area contributed by atoms with E-state index >= 15 is 0 Å². The highest BCUT2D eigenvalue weighted by Crippen LogP contribution is 2.11. The first-order chi connectivity index (χ1) is 14.1. The number of allylic oxidation sites excluding steroid dienone is 1. The zero-order valence-corrected chi connectivity index (χ0v) is 16.0. The van der Waals surface area contributed by atoms with Crippen molar-refractivity contribution in [3.05, 3.63) is 77.1 Å². The van der Waals surface area contributed by atoms with Crippen LogP contribution >= 0.6 is 0 Å². The van der Waals surface area contributed by atoms with E-state index in [-0.39, 0.29) is 5.78 Å². The molecule has 150 valence electrons. The maximum Gasteiger partial charge on any atom is 0.267 e. The van der Waals surface area contributed by atoms with Crippen molar-refractivity contribution in [2.24, 2.45) is 0 Å². The molecule has 1 aliphatic heterocycles. The number of hydrogen-bond donors (Lipinski definition) is 3. The molecular weight excluding hydrogens is 368 g/mol. The summed E-state index contributed by atoms with van der Waals surface area (Å²) in [5, 5.41) is 11.8. The van der Waals surface area contributed by atoms with E-state index in [1.165, 1.54) is 29.3 Å². The van der Waals surface area contributed by atoms with Crippen molar-refractivity contribution in [3.63, 3.8) is 0 Å². The van der Waals surface area contributed by atoms with Gasteiger partial charge in [0.15, 0.2) is 5.78 Å². The molecular formula is C22H24N4O3. The number of hydrogen-bond acceptors (Lipinski definition) is 6. The number of aromatic nitrogens is 1. The lowest BCUT2D eigenvalue weighted by Crippen LogP contribution is -2.42. The quantitative estimate of drug-likeness (QED) is 0.288. The number of amides is 1. The third-order valence-electron chi connectivity index (χ3n) is 4.61. The van der Waals surface area contributed by atoms with Crippen LogP contribution in [-0.2, 0) is 11.3 Å². The fourth-order valence-corrected chi connectivity index (χ4v) is 2.98. The minimum Gasteiger partial charge on any atom is -0.314 e. The third-order valence-corrected chi connectivity index (χ3v) is 4.61. The molecule has 1 aliphatic rings. The van der Waals surface area contributed by atoms with Gasteiger partial charge in [-0.05, 0) is 35.4 Å². The summed E-state index contributed by atoms with van der Waals surface area (Å²) in [6, 6.07) is 11.3. The third kappa shape index (κ3) is 6.46. The van der Waals surface area contributed by atoms with Gasteiger partial charge in [0, 0.05) is 50.6 Å². The molecule has 2 aromatic rings. The van der Waals surface area contributed by atoms with E-state index < -0.39 is 5.91 Å². The monoisotopic (exact) mass is 392 g/mol. The van der Waals surface area contributed by atoms with Crippen molar-refractivity contribution in [1.82, 2.24) is 20.7 Å². The van der Waals surface area contributed by atoms with Gasteiger partial charge in [0.2, 0.25) is 0 Å². The molecule has 3 N–H and O–H groups in total. The number of nitrogens with one attached hydrogen (secondary N) is 2. The van der Waals surface area contributed by atoms with E-state index in [2.05, 4.69) is 15.2 Å². The van der Waals surface area contributed by atoms with Gasteiger partial charge in [-0.15, -0.1) is 0 Å². The number of carbonyl (C=O) groups excluding carboxylic acids is 2. The van der Waals surface area contributed by atoms with Crippen molar-refractivity contribution < 1.29 is 14.8 Å². The Kier molecular flexibility index (Phi) is 7.40. The summed E-state index contributed by atoms with van der Waals surface area (Å²) in [4.78, 5) is 29.9. The molecule has 0 spiro atoms. The summed E-state index contributed by atoms with van der Waals surface area (Å²) in [7, 11) is 0. The number of ketones is 1. The van der Waals surface area contributed by atoms with Gasteiger partial charge in [-0.1, -0.05) is 30.3 Å². The van der Waals surface area contributed by atoms with Gasteiger partial charge < -0.3 is 5.32 Å². The van der Waals surface area contributed by atoms with Crippen molar-refractivity contribution in [3.8, 4) is 0 Å². The van der Waals surface area contributed by atoms with E-state index in [0.29, 0.717) is 11.3 Å². The average Bonchev–Trinajstić information content (AvgIpc) is 2.77. The maximum atomic E-state index is 12.4. The number of piperazine rings is 1. The van der Waals surface area contributed by atoms with Crippen LogP contribution in [0.25, 0.3) is 12.2 Å². The predicted octanol–water partition coefficient (Wildman–Crippen LogP) is 1.90. The highest BCUT2D eigenvalue weighted by atomic mass is 16.5. The molecule has 1 saturated heterocycles. The Labute approximate surface area is 169 Å². The van der Waals surface area contributed by atoms with Crippen LogP contribution in [0.4, 0.5) is 0 Å². The molecule has 0 bridgehead atoms. The second kappa shape index (κ2) is 10.4. The van der Waals surface area contributed by atoms with Gasteiger partial charge in [-0.2, -0.15) is 0 Å². The topological polar surface area (TPSA) is 94.6 Å². The van der Waals surface area contributed by atoms with E-state index in [4.69, 9.17) is 5.21 Å². The lowest BCUT2D eigenvalue weighted by Gasteiger charge is -2.27. The molecule has 1 amide bonds. The standard InChI is InChI=1S/C22H24N4O3/c27-21(9-4-17-3-7-20(24-15-17)8-10-22(28)25-29)19-5-1-18(2-6-19)16-26-13-11-23-12-14-26/h1-10,15,23,29H,11-14,16H2,(H,25,28). The van der Waals surface area contributed by atoms with Crippen LogP contribution in [0.3, 0.4) is 0 Å². The van der Waals surface area contributed by atoms with Crippen molar-refractivity contribution in [1.29, 1.82) is 0 Å². The van der Waals surface area contributed by atoms with E-state index in [9.17, 15) is 9.59 Å². The smallest absolute Gasteiger partial charge is 0.267 e. The van der Waals surface area contributed by atoms with Crippen LogP contribution in [0.5, 0.6) is 0 Å². The van der Waals surface area contributed by atoms with Crippen LogP contribution < -0.4 is 10.8 Å². The highest BCUT2D eigenvalue weighted by Gasteiger charge is 2.10. The lowest BCUT2D eigenvalue weighted by atomic mass is 10.1. The molecule has 0 aliphatic carbocycles. The highest BCUT2D eigenvalue weighted by molar-refractivity contribution is 6.06. The number of pyridine rings is 1. The SMILES string of the molecule is O=C(C=Cc1ccc(C=CC(=O)c2ccc(CN3CCNCC3)cc2)cn1)NO. The van der Waals surface area contributed by atoms with Crippen LogP contribution in [0.1, 0.15) is 27.2 Å². The van der Waals surface area contributed by atoms with Crippen LogP contribution in [0, 0.1) is 0 Å². The molecule has 0 atom stereocenters. The molecule has 0 unspecified atom stereocenters. The molecule has 0 radical (unpaired) electrons. The lowest BCUT2D eigenvalue weighted by molar-refractivity contribution is -0.124. The number of benzene rings is 1. The first-order valence-corrected chi connectivity index (χ1v) is 9.47. The molecule has 7 heteroatoms. The molecule has 7 nitrogen and oxygen atoms in total.